The van der Waals surface area contributed by atoms with Crippen LogP contribution in [0.3, 0.4) is 0 Å². The van der Waals surface area contributed by atoms with Crippen LogP contribution in [0.15, 0.2) is 15.6 Å². The molecule has 0 spiro atoms. The van der Waals surface area contributed by atoms with Crippen molar-refractivity contribution in [3.05, 3.63) is 21.2 Å². The average Bonchev–Trinajstić information content (AvgIpc) is 2.62. The minimum Gasteiger partial charge on any atom is -0.355 e. The van der Waals surface area contributed by atoms with Gasteiger partial charge in [-0.15, -0.1) is 0 Å². The van der Waals surface area contributed by atoms with E-state index in [4.69, 9.17) is 0 Å². The van der Waals surface area contributed by atoms with Crippen LogP contribution in [0.2, 0.25) is 0 Å². The molecule has 5 heteroatoms. The number of hydrogen-bond acceptors (Lipinski definition) is 3. The molecule has 0 atom stereocenters. The zero-order valence-electron chi connectivity index (χ0n) is 7.09. The molecule has 1 aromatic rings. The number of aromatic nitrogens is 2. The molecule has 13 heavy (non-hydrogen) atoms. The van der Waals surface area contributed by atoms with Crippen LogP contribution in [0.25, 0.3) is 0 Å². The monoisotopic (exact) mass is 243 g/mol. The molecule has 1 aliphatic heterocycles. The maximum Gasteiger partial charge on any atom is 0.267 e. The maximum absolute atomic E-state index is 11.2. The van der Waals surface area contributed by atoms with Crippen molar-refractivity contribution in [1.82, 2.24) is 9.97 Å². The summed E-state index contributed by atoms with van der Waals surface area (Å²) in [6.45, 7) is 1.99. The normalized spacial score (nSPS) is 16.5. The highest BCUT2D eigenvalue weighted by Crippen LogP contribution is 2.22. The number of hydrogen-bond donors (Lipinski definition) is 1. The summed E-state index contributed by atoms with van der Waals surface area (Å²) in [7, 11) is 0. The number of aromatic amines is 1. The van der Waals surface area contributed by atoms with Gasteiger partial charge in [0, 0.05) is 13.1 Å². The molecule has 70 valence electrons. The highest BCUT2D eigenvalue weighted by atomic mass is 79.9. The van der Waals surface area contributed by atoms with Crippen LogP contribution in [0.4, 0.5) is 5.82 Å². The molecular formula is C8H10BrN3O. The molecule has 0 bridgehead atoms. The molecule has 1 saturated heterocycles. The van der Waals surface area contributed by atoms with E-state index in [-0.39, 0.29) is 5.56 Å². The van der Waals surface area contributed by atoms with Crippen LogP contribution in [0.1, 0.15) is 12.8 Å². The molecule has 0 saturated carbocycles. The number of anilines is 1. The third-order valence-corrected chi connectivity index (χ3v) is 2.90. The predicted molar refractivity (Wildman–Crippen MR) is 54.0 cm³/mol. The van der Waals surface area contributed by atoms with Crippen LogP contribution < -0.4 is 10.5 Å². The topological polar surface area (TPSA) is 49.0 Å². The molecule has 2 heterocycles. The van der Waals surface area contributed by atoms with E-state index in [1.807, 2.05) is 0 Å². The van der Waals surface area contributed by atoms with Crippen LogP contribution in [-0.4, -0.2) is 23.1 Å². The Morgan fingerprint density at radius 2 is 2.15 bits per heavy atom. The van der Waals surface area contributed by atoms with Crippen LogP contribution in [0.5, 0.6) is 0 Å². The molecule has 0 aromatic carbocycles. The van der Waals surface area contributed by atoms with E-state index in [9.17, 15) is 4.79 Å². The fourth-order valence-electron chi connectivity index (χ4n) is 1.52. The summed E-state index contributed by atoms with van der Waals surface area (Å²) in [5, 5.41) is 0. The molecule has 0 unspecified atom stereocenters. The fourth-order valence-corrected chi connectivity index (χ4v) is 1.99. The first kappa shape index (κ1) is 8.74. The summed E-state index contributed by atoms with van der Waals surface area (Å²) in [6, 6.07) is 0. The lowest BCUT2D eigenvalue weighted by Gasteiger charge is -2.16. The molecule has 0 radical (unpaired) electrons. The molecule has 2 rings (SSSR count). The smallest absolute Gasteiger partial charge is 0.267 e. The van der Waals surface area contributed by atoms with E-state index in [2.05, 4.69) is 30.8 Å². The highest BCUT2D eigenvalue weighted by molar-refractivity contribution is 9.10. The molecule has 1 aliphatic rings. The third kappa shape index (κ3) is 1.60. The standard InChI is InChI=1S/C8H10BrN3O/c9-6-7(10-5-11-8(6)13)12-3-1-2-4-12/h5H,1-4H2,(H,10,11,13). The third-order valence-electron chi connectivity index (χ3n) is 2.18. The summed E-state index contributed by atoms with van der Waals surface area (Å²) < 4.78 is 0.539. The van der Waals surface area contributed by atoms with Crippen molar-refractivity contribution in [3.8, 4) is 0 Å². The van der Waals surface area contributed by atoms with Crippen molar-refractivity contribution >= 4 is 21.7 Å². The van der Waals surface area contributed by atoms with E-state index < -0.39 is 0 Å². The summed E-state index contributed by atoms with van der Waals surface area (Å²) in [5.41, 5.74) is -0.114. The van der Waals surface area contributed by atoms with E-state index in [0.29, 0.717) is 4.47 Å². The highest BCUT2D eigenvalue weighted by Gasteiger charge is 2.17. The maximum atomic E-state index is 11.2. The van der Waals surface area contributed by atoms with Gasteiger partial charge in [-0.25, -0.2) is 4.98 Å². The van der Waals surface area contributed by atoms with Crippen LogP contribution in [-0.2, 0) is 0 Å². The van der Waals surface area contributed by atoms with Gasteiger partial charge in [0.1, 0.15) is 10.3 Å². The minimum atomic E-state index is -0.114. The Labute approximate surface area is 84.1 Å². The van der Waals surface area contributed by atoms with Gasteiger partial charge in [-0.3, -0.25) is 4.79 Å². The van der Waals surface area contributed by atoms with E-state index in [0.717, 1.165) is 18.9 Å². The van der Waals surface area contributed by atoms with Crippen molar-refractivity contribution in [2.75, 3.05) is 18.0 Å². The molecule has 1 fully saturated rings. The lowest BCUT2D eigenvalue weighted by atomic mass is 10.4. The van der Waals surface area contributed by atoms with Crippen LogP contribution in [0, 0.1) is 0 Å². The number of H-pyrrole nitrogens is 1. The Morgan fingerprint density at radius 3 is 2.85 bits per heavy atom. The minimum absolute atomic E-state index is 0.114. The van der Waals surface area contributed by atoms with Crippen molar-refractivity contribution in [1.29, 1.82) is 0 Å². The van der Waals surface area contributed by atoms with E-state index in [1.165, 1.54) is 19.2 Å². The van der Waals surface area contributed by atoms with Crippen molar-refractivity contribution < 1.29 is 0 Å². The van der Waals surface area contributed by atoms with Gasteiger partial charge in [0.25, 0.3) is 5.56 Å². The molecule has 0 amide bonds. The predicted octanol–water partition coefficient (Wildman–Crippen LogP) is 1.13. The lowest BCUT2D eigenvalue weighted by Crippen LogP contribution is -2.22. The summed E-state index contributed by atoms with van der Waals surface area (Å²) in [5.74, 6) is 0.765. The second kappa shape index (κ2) is 3.49. The average molecular weight is 244 g/mol. The van der Waals surface area contributed by atoms with Gasteiger partial charge in [-0.05, 0) is 28.8 Å². The molecule has 1 aromatic heterocycles. The van der Waals surface area contributed by atoms with Crippen molar-refractivity contribution in [3.63, 3.8) is 0 Å². The zero-order valence-corrected chi connectivity index (χ0v) is 8.67. The Morgan fingerprint density at radius 1 is 1.46 bits per heavy atom. The Kier molecular flexibility index (Phi) is 2.35. The Bertz CT molecular complexity index is 357. The van der Waals surface area contributed by atoms with Gasteiger partial charge in [-0.2, -0.15) is 0 Å². The Hall–Kier alpha value is -0.840. The van der Waals surface area contributed by atoms with Gasteiger partial charge < -0.3 is 9.88 Å². The van der Waals surface area contributed by atoms with Gasteiger partial charge in [0.2, 0.25) is 0 Å². The number of halogens is 1. The fraction of sp³-hybridized carbons (Fsp3) is 0.500. The largest absolute Gasteiger partial charge is 0.355 e. The summed E-state index contributed by atoms with van der Waals surface area (Å²) in [4.78, 5) is 20.0. The second-order valence-electron chi connectivity index (χ2n) is 3.06. The second-order valence-corrected chi connectivity index (χ2v) is 3.86. The van der Waals surface area contributed by atoms with E-state index in [1.54, 1.807) is 0 Å². The van der Waals surface area contributed by atoms with Crippen molar-refractivity contribution in [2.45, 2.75) is 12.8 Å². The van der Waals surface area contributed by atoms with Gasteiger partial charge >= 0.3 is 0 Å². The molecule has 1 N–H and O–H groups in total. The Balaban J connectivity index is 2.39. The van der Waals surface area contributed by atoms with Crippen LogP contribution >= 0.6 is 15.9 Å². The van der Waals surface area contributed by atoms with Gasteiger partial charge in [0.15, 0.2) is 0 Å². The molecular weight excluding hydrogens is 234 g/mol. The quantitative estimate of drug-likeness (QED) is 0.805. The first-order chi connectivity index (χ1) is 6.29. The SMILES string of the molecule is O=c1[nH]cnc(N2CCCC2)c1Br. The number of rotatable bonds is 1. The number of nitrogens with one attached hydrogen (secondary N) is 1. The molecule has 0 aliphatic carbocycles. The number of nitrogens with zero attached hydrogens (tertiary/aromatic N) is 2. The summed E-state index contributed by atoms with van der Waals surface area (Å²) >= 11 is 3.24. The van der Waals surface area contributed by atoms with E-state index >= 15 is 0 Å². The summed E-state index contributed by atoms with van der Waals surface area (Å²) in [6.07, 6.45) is 3.81. The first-order valence-electron chi connectivity index (χ1n) is 4.27. The lowest BCUT2D eigenvalue weighted by molar-refractivity contribution is 0.913. The van der Waals surface area contributed by atoms with Crippen molar-refractivity contribution in [2.24, 2.45) is 0 Å². The van der Waals surface area contributed by atoms with Gasteiger partial charge in [-0.1, -0.05) is 0 Å². The van der Waals surface area contributed by atoms with Gasteiger partial charge in [0.05, 0.1) is 6.33 Å². The zero-order chi connectivity index (χ0) is 9.26. The molecule has 4 nitrogen and oxygen atoms in total. The first-order valence-corrected chi connectivity index (χ1v) is 5.06.